The monoisotopic (exact) mass is 402 g/mol. The fourth-order valence-electron chi connectivity index (χ4n) is 2.48. The fraction of sp³-hybridized carbons (Fsp3) is 0.263. The average molecular weight is 402 g/mol. The van der Waals surface area contributed by atoms with Gasteiger partial charge in [0.05, 0.1) is 16.4 Å². The lowest BCUT2D eigenvalue weighted by molar-refractivity contribution is -0.116. The number of oxazole rings is 1. The third-order valence-electron chi connectivity index (χ3n) is 3.97. The van der Waals surface area contributed by atoms with Gasteiger partial charge >= 0.3 is 6.01 Å². The second-order valence-electron chi connectivity index (χ2n) is 6.25. The summed E-state index contributed by atoms with van der Waals surface area (Å²) < 4.78 is 19.2. The van der Waals surface area contributed by atoms with E-state index >= 15 is 0 Å². The van der Waals surface area contributed by atoms with E-state index in [-0.39, 0.29) is 29.6 Å². The smallest absolute Gasteiger partial charge is 0.302 e. The number of thiazole rings is 1. The standard InChI is InChI=1S/C19H19FN4O3S/c1-10-11(2)27-19(21-10)24-18(26)13-6-14(20)8-16(7-13)23-17(25)5-4-15-9-28-12(3)22-15/h6-9H,4-5H2,1-3H3,(H,23,25)(H,21,24,26). The van der Waals surface area contributed by atoms with Gasteiger partial charge in [0.25, 0.3) is 5.91 Å². The molecule has 1 aromatic carbocycles. The van der Waals surface area contributed by atoms with Crippen molar-refractivity contribution < 1.29 is 18.4 Å². The molecule has 9 heteroatoms. The molecule has 0 radical (unpaired) electrons. The van der Waals surface area contributed by atoms with E-state index in [4.69, 9.17) is 4.42 Å². The van der Waals surface area contributed by atoms with Crippen molar-refractivity contribution in [3.05, 3.63) is 57.1 Å². The number of halogens is 1. The highest BCUT2D eigenvalue weighted by atomic mass is 32.1. The van der Waals surface area contributed by atoms with Crippen molar-refractivity contribution >= 4 is 34.9 Å². The van der Waals surface area contributed by atoms with Gasteiger partial charge in [-0.15, -0.1) is 11.3 Å². The van der Waals surface area contributed by atoms with Crippen LogP contribution in [0, 0.1) is 26.6 Å². The molecule has 3 rings (SSSR count). The molecule has 0 fully saturated rings. The number of rotatable bonds is 6. The second-order valence-corrected chi connectivity index (χ2v) is 7.31. The van der Waals surface area contributed by atoms with Crippen LogP contribution in [0.15, 0.2) is 28.0 Å². The molecule has 0 aliphatic carbocycles. The van der Waals surface area contributed by atoms with Crippen LogP contribution in [0.3, 0.4) is 0 Å². The summed E-state index contributed by atoms with van der Waals surface area (Å²) in [6.45, 7) is 5.37. The molecular weight excluding hydrogens is 383 g/mol. The maximum Gasteiger partial charge on any atom is 0.302 e. The van der Waals surface area contributed by atoms with Gasteiger partial charge in [-0.25, -0.2) is 9.37 Å². The molecule has 28 heavy (non-hydrogen) atoms. The van der Waals surface area contributed by atoms with Crippen LogP contribution in [0.2, 0.25) is 0 Å². The van der Waals surface area contributed by atoms with Crippen molar-refractivity contribution in [2.24, 2.45) is 0 Å². The Balaban J connectivity index is 1.64. The highest BCUT2D eigenvalue weighted by molar-refractivity contribution is 7.09. The number of hydrogen-bond acceptors (Lipinski definition) is 6. The summed E-state index contributed by atoms with van der Waals surface area (Å²) in [5.74, 6) is -0.939. The minimum absolute atomic E-state index is 0.0356. The SMILES string of the molecule is Cc1nc(CCC(=O)Nc2cc(F)cc(C(=O)Nc3nc(C)c(C)o3)c2)cs1. The highest BCUT2D eigenvalue weighted by Gasteiger charge is 2.14. The molecule has 0 aliphatic heterocycles. The lowest BCUT2D eigenvalue weighted by Crippen LogP contribution is -2.15. The molecule has 2 N–H and O–H groups in total. The summed E-state index contributed by atoms with van der Waals surface area (Å²) in [6.07, 6.45) is 0.692. The fourth-order valence-corrected chi connectivity index (χ4v) is 3.12. The Kier molecular flexibility index (Phi) is 5.84. The third-order valence-corrected chi connectivity index (χ3v) is 4.79. The molecular formula is C19H19FN4O3S. The Labute approximate surface area is 165 Å². The van der Waals surface area contributed by atoms with Crippen LogP contribution in [-0.4, -0.2) is 21.8 Å². The molecule has 2 aromatic heterocycles. The zero-order chi connectivity index (χ0) is 20.3. The number of aromatic nitrogens is 2. The molecule has 2 heterocycles. The van der Waals surface area contributed by atoms with Gasteiger partial charge in [-0.05, 0) is 45.4 Å². The first-order valence-electron chi connectivity index (χ1n) is 8.57. The van der Waals surface area contributed by atoms with Crippen LogP contribution < -0.4 is 10.6 Å². The van der Waals surface area contributed by atoms with Gasteiger partial charge in [-0.2, -0.15) is 4.98 Å². The van der Waals surface area contributed by atoms with E-state index in [9.17, 15) is 14.0 Å². The second kappa shape index (κ2) is 8.30. The quantitative estimate of drug-likeness (QED) is 0.649. The van der Waals surface area contributed by atoms with E-state index in [1.807, 2.05) is 12.3 Å². The van der Waals surface area contributed by atoms with Gasteiger partial charge in [0.2, 0.25) is 5.91 Å². The Morgan fingerprint density at radius 1 is 1.14 bits per heavy atom. The number of nitrogens with one attached hydrogen (secondary N) is 2. The molecule has 0 spiro atoms. The van der Waals surface area contributed by atoms with Gasteiger partial charge in [0.15, 0.2) is 0 Å². The predicted molar refractivity (Wildman–Crippen MR) is 104 cm³/mol. The first kappa shape index (κ1) is 19.7. The molecule has 0 saturated carbocycles. The first-order chi connectivity index (χ1) is 13.3. The van der Waals surface area contributed by atoms with Gasteiger partial charge in [-0.1, -0.05) is 0 Å². The molecule has 146 valence electrons. The Hall–Kier alpha value is -3.07. The van der Waals surface area contributed by atoms with Crippen LogP contribution in [0.4, 0.5) is 16.1 Å². The summed E-state index contributed by atoms with van der Waals surface area (Å²) in [4.78, 5) is 32.8. The Morgan fingerprint density at radius 2 is 1.93 bits per heavy atom. The van der Waals surface area contributed by atoms with Crippen molar-refractivity contribution in [3.63, 3.8) is 0 Å². The van der Waals surface area contributed by atoms with Crippen molar-refractivity contribution in [1.82, 2.24) is 9.97 Å². The average Bonchev–Trinajstić information content (AvgIpc) is 3.17. The zero-order valence-electron chi connectivity index (χ0n) is 15.6. The van der Waals surface area contributed by atoms with E-state index in [1.54, 1.807) is 13.8 Å². The van der Waals surface area contributed by atoms with Gasteiger partial charge < -0.3 is 9.73 Å². The van der Waals surface area contributed by atoms with Crippen LogP contribution >= 0.6 is 11.3 Å². The van der Waals surface area contributed by atoms with Crippen molar-refractivity contribution in [1.29, 1.82) is 0 Å². The topological polar surface area (TPSA) is 97.1 Å². The summed E-state index contributed by atoms with van der Waals surface area (Å²) >= 11 is 1.52. The van der Waals surface area contributed by atoms with Gasteiger partial charge in [0.1, 0.15) is 11.6 Å². The van der Waals surface area contributed by atoms with E-state index in [1.165, 1.54) is 17.4 Å². The normalized spacial score (nSPS) is 10.7. The Morgan fingerprint density at radius 3 is 2.57 bits per heavy atom. The number of aryl methyl sites for hydroxylation is 4. The predicted octanol–water partition coefficient (Wildman–Crippen LogP) is 4.02. The maximum absolute atomic E-state index is 13.9. The largest absolute Gasteiger partial charge is 0.428 e. The van der Waals surface area contributed by atoms with Crippen LogP contribution in [0.5, 0.6) is 0 Å². The number of carbonyl (C=O) groups is 2. The summed E-state index contributed by atoms with van der Waals surface area (Å²) in [5.41, 5.74) is 1.73. The molecule has 0 bridgehead atoms. The number of amides is 2. The molecule has 7 nitrogen and oxygen atoms in total. The number of hydrogen-bond donors (Lipinski definition) is 2. The third kappa shape index (κ3) is 5.01. The van der Waals surface area contributed by atoms with Crippen molar-refractivity contribution in [2.75, 3.05) is 10.6 Å². The highest BCUT2D eigenvalue weighted by Crippen LogP contribution is 2.18. The molecule has 0 unspecified atom stereocenters. The first-order valence-corrected chi connectivity index (χ1v) is 9.45. The molecule has 0 atom stereocenters. The summed E-state index contributed by atoms with van der Waals surface area (Å²) in [6, 6.07) is 3.66. The van der Waals surface area contributed by atoms with Gasteiger partial charge in [0, 0.05) is 23.1 Å². The zero-order valence-corrected chi connectivity index (χ0v) is 16.4. The lowest BCUT2D eigenvalue weighted by Gasteiger charge is -2.08. The summed E-state index contributed by atoms with van der Waals surface area (Å²) in [5, 5.41) is 7.92. The number of carbonyl (C=O) groups excluding carboxylic acids is 2. The minimum Gasteiger partial charge on any atom is -0.428 e. The van der Waals surface area contributed by atoms with Crippen molar-refractivity contribution in [2.45, 2.75) is 33.6 Å². The maximum atomic E-state index is 13.9. The molecule has 0 aliphatic rings. The lowest BCUT2D eigenvalue weighted by atomic mass is 10.1. The van der Waals surface area contributed by atoms with E-state index in [2.05, 4.69) is 20.6 Å². The van der Waals surface area contributed by atoms with E-state index in [0.29, 0.717) is 17.9 Å². The molecule has 3 aromatic rings. The minimum atomic E-state index is -0.641. The van der Waals surface area contributed by atoms with Crippen LogP contribution in [0.1, 0.15) is 38.9 Å². The van der Waals surface area contributed by atoms with E-state index < -0.39 is 11.7 Å². The number of nitrogens with zero attached hydrogens (tertiary/aromatic N) is 2. The van der Waals surface area contributed by atoms with Crippen molar-refractivity contribution in [3.8, 4) is 0 Å². The van der Waals surface area contributed by atoms with Crippen LogP contribution in [0.25, 0.3) is 0 Å². The summed E-state index contributed by atoms with van der Waals surface area (Å²) in [7, 11) is 0. The number of anilines is 2. The van der Waals surface area contributed by atoms with E-state index in [0.717, 1.165) is 22.8 Å². The molecule has 0 saturated heterocycles. The van der Waals surface area contributed by atoms with Gasteiger partial charge in [-0.3, -0.25) is 14.9 Å². The molecule has 2 amide bonds. The number of benzene rings is 1. The van der Waals surface area contributed by atoms with Crippen LogP contribution in [-0.2, 0) is 11.2 Å². The Bertz CT molecular complexity index is 1010.